The fourth-order valence-corrected chi connectivity index (χ4v) is 8.71. The molecule has 0 bridgehead atoms. The number of fused-ring (bicyclic) bond motifs is 3. The van der Waals surface area contributed by atoms with Crippen molar-refractivity contribution in [1.29, 1.82) is 0 Å². The van der Waals surface area contributed by atoms with Crippen molar-refractivity contribution in [3.05, 3.63) is 59.7 Å². The van der Waals surface area contributed by atoms with E-state index in [0.717, 1.165) is 51.4 Å². The topological polar surface area (TPSA) is 93.1 Å². The van der Waals surface area contributed by atoms with Crippen LogP contribution in [0.2, 0.25) is 0 Å². The molecule has 0 saturated heterocycles. The highest BCUT2D eigenvalue weighted by Crippen LogP contribution is 2.63. The molecule has 3 aliphatic rings. The van der Waals surface area contributed by atoms with E-state index < -0.39 is 11.9 Å². The van der Waals surface area contributed by atoms with Crippen LogP contribution in [0.15, 0.2) is 48.5 Å². The average Bonchev–Trinajstić information content (AvgIpc) is 3.28. The summed E-state index contributed by atoms with van der Waals surface area (Å²) in [4.78, 5) is 22.2. The molecule has 222 valence electrons. The van der Waals surface area contributed by atoms with Gasteiger partial charge in [-0.25, -0.2) is 0 Å². The van der Waals surface area contributed by atoms with E-state index in [4.69, 9.17) is 19.7 Å². The van der Waals surface area contributed by atoms with Crippen molar-refractivity contribution >= 4 is 11.9 Å². The van der Waals surface area contributed by atoms with Gasteiger partial charge < -0.3 is 19.7 Å². The number of carboxylic acid groups (broad SMARTS) is 2. The Kier molecular flexibility index (Phi) is 9.50. The molecule has 0 radical (unpaired) electrons. The molecule has 2 N–H and O–H groups in total. The lowest BCUT2D eigenvalue weighted by molar-refractivity contribution is -0.140. The molecule has 6 heteroatoms. The minimum absolute atomic E-state index is 0.0528. The molecule has 41 heavy (non-hydrogen) atoms. The number of aliphatic carboxylic acids is 2. The van der Waals surface area contributed by atoms with Crippen LogP contribution >= 0.6 is 0 Å². The summed E-state index contributed by atoms with van der Waals surface area (Å²) in [6, 6.07) is 18.1. The first-order valence-corrected chi connectivity index (χ1v) is 15.8. The smallest absolute Gasteiger partial charge is 0.305 e. The second-order valence-corrected chi connectivity index (χ2v) is 12.4. The first kappa shape index (κ1) is 29.8. The summed E-state index contributed by atoms with van der Waals surface area (Å²) < 4.78 is 12.4. The Balaban J connectivity index is 1.49. The highest BCUT2D eigenvalue weighted by atomic mass is 16.5. The van der Waals surface area contributed by atoms with Gasteiger partial charge in [0.15, 0.2) is 0 Å². The Morgan fingerprint density at radius 3 is 1.51 bits per heavy atom. The Morgan fingerprint density at radius 1 is 0.707 bits per heavy atom. The molecule has 5 rings (SSSR count). The van der Waals surface area contributed by atoms with E-state index in [1.165, 1.54) is 22.3 Å². The lowest BCUT2D eigenvalue weighted by Crippen LogP contribution is -2.49. The van der Waals surface area contributed by atoms with Gasteiger partial charge in [0.1, 0.15) is 0 Å². The number of carbonyl (C=O) groups is 2. The molecule has 3 aliphatic carbocycles. The first-order valence-electron chi connectivity index (χ1n) is 15.8. The fourth-order valence-electron chi connectivity index (χ4n) is 8.71. The minimum Gasteiger partial charge on any atom is -0.481 e. The van der Waals surface area contributed by atoms with Crippen molar-refractivity contribution in [2.75, 3.05) is 13.2 Å². The highest BCUT2D eigenvalue weighted by molar-refractivity contribution is 5.81. The number of rotatable bonds is 12. The van der Waals surface area contributed by atoms with Crippen LogP contribution < -0.4 is 0 Å². The van der Waals surface area contributed by atoms with E-state index in [-0.39, 0.29) is 43.7 Å². The predicted molar refractivity (Wildman–Crippen MR) is 159 cm³/mol. The monoisotopic (exact) mass is 562 g/mol. The van der Waals surface area contributed by atoms with Gasteiger partial charge in [0.2, 0.25) is 0 Å². The van der Waals surface area contributed by atoms with E-state index in [9.17, 15) is 9.59 Å². The molecule has 2 fully saturated rings. The second-order valence-electron chi connectivity index (χ2n) is 12.4. The molecule has 0 amide bonds. The van der Waals surface area contributed by atoms with Crippen LogP contribution in [0.3, 0.4) is 0 Å². The van der Waals surface area contributed by atoms with Crippen molar-refractivity contribution in [1.82, 2.24) is 0 Å². The van der Waals surface area contributed by atoms with Crippen molar-refractivity contribution in [3.8, 4) is 11.1 Å². The molecule has 0 aromatic heterocycles. The molecule has 6 nitrogen and oxygen atoms in total. The Bertz CT molecular complexity index is 1110. The molecule has 0 heterocycles. The van der Waals surface area contributed by atoms with Crippen molar-refractivity contribution < 1.29 is 29.3 Å². The van der Waals surface area contributed by atoms with Crippen LogP contribution in [0, 0.1) is 23.7 Å². The van der Waals surface area contributed by atoms with E-state index in [2.05, 4.69) is 62.4 Å². The fraction of sp³-hybridized carbons (Fsp3) is 0.600. The van der Waals surface area contributed by atoms with Gasteiger partial charge in [0.25, 0.3) is 0 Å². The lowest BCUT2D eigenvalue weighted by Gasteiger charge is -2.52. The molecule has 2 aromatic carbocycles. The second kappa shape index (κ2) is 13.1. The van der Waals surface area contributed by atoms with Gasteiger partial charge in [0.05, 0.1) is 38.3 Å². The maximum Gasteiger partial charge on any atom is 0.305 e. The molecular formula is C35H46O6. The first-order chi connectivity index (χ1) is 19.9. The van der Waals surface area contributed by atoms with E-state index in [1.807, 2.05) is 0 Å². The van der Waals surface area contributed by atoms with Crippen LogP contribution in [-0.2, 0) is 24.5 Å². The molecule has 0 aliphatic heterocycles. The summed E-state index contributed by atoms with van der Waals surface area (Å²) in [6.45, 7) is 5.05. The van der Waals surface area contributed by atoms with Crippen LogP contribution in [0.4, 0.5) is 0 Å². The van der Waals surface area contributed by atoms with Gasteiger partial charge in [-0.15, -0.1) is 0 Å². The SMILES string of the molecule is CCC1CC(C2(C3CCC(OCCC(=O)O)C(CC)C3)c3ccccc3-c3ccccc32)CCC1OCCC(=O)O. The maximum absolute atomic E-state index is 11.1. The highest BCUT2D eigenvalue weighted by Gasteiger charge is 2.56. The van der Waals surface area contributed by atoms with E-state index >= 15 is 0 Å². The van der Waals surface area contributed by atoms with Gasteiger partial charge in [-0.3, -0.25) is 9.59 Å². The number of benzene rings is 2. The third-order valence-electron chi connectivity index (χ3n) is 10.5. The largest absolute Gasteiger partial charge is 0.481 e. The lowest BCUT2D eigenvalue weighted by atomic mass is 9.52. The predicted octanol–water partition coefficient (Wildman–Crippen LogP) is 7.33. The summed E-state index contributed by atoms with van der Waals surface area (Å²) in [5.74, 6) is 0.108. The van der Waals surface area contributed by atoms with Crippen LogP contribution in [-0.4, -0.2) is 47.6 Å². The number of ether oxygens (including phenoxy) is 2. The summed E-state index contributed by atoms with van der Waals surface area (Å²) in [5, 5.41) is 18.3. The third-order valence-corrected chi connectivity index (χ3v) is 10.5. The molecule has 2 saturated carbocycles. The summed E-state index contributed by atoms with van der Waals surface area (Å²) in [6.07, 6.45) is 8.55. The Labute approximate surface area is 244 Å². The van der Waals surface area contributed by atoms with Gasteiger partial charge >= 0.3 is 11.9 Å². The molecule has 6 unspecified atom stereocenters. The number of hydrogen-bond donors (Lipinski definition) is 2. The van der Waals surface area contributed by atoms with Gasteiger partial charge in [-0.1, -0.05) is 75.2 Å². The third kappa shape index (κ3) is 5.83. The average molecular weight is 563 g/mol. The normalized spacial score (nSPS) is 28.5. The van der Waals surface area contributed by atoms with Gasteiger partial charge in [-0.05, 0) is 84.5 Å². The quantitative estimate of drug-likeness (QED) is 0.281. The van der Waals surface area contributed by atoms with E-state index in [0.29, 0.717) is 23.7 Å². The molecule has 6 atom stereocenters. The molecular weight excluding hydrogens is 516 g/mol. The molecule has 0 spiro atoms. The van der Waals surface area contributed by atoms with Crippen molar-refractivity contribution in [3.63, 3.8) is 0 Å². The zero-order valence-electron chi connectivity index (χ0n) is 24.6. The minimum atomic E-state index is -0.808. The Morgan fingerprint density at radius 2 is 1.12 bits per heavy atom. The zero-order valence-corrected chi connectivity index (χ0v) is 24.6. The summed E-state index contributed by atoms with van der Waals surface area (Å²) in [5.41, 5.74) is 5.58. The van der Waals surface area contributed by atoms with Crippen LogP contribution in [0.1, 0.15) is 89.2 Å². The maximum atomic E-state index is 11.1. The van der Waals surface area contributed by atoms with Crippen molar-refractivity contribution in [2.24, 2.45) is 23.7 Å². The number of carboxylic acids is 2. The van der Waals surface area contributed by atoms with Gasteiger partial charge in [-0.2, -0.15) is 0 Å². The van der Waals surface area contributed by atoms with Crippen LogP contribution in [0.25, 0.3) is 11.1 Å². The van der Waals surface area contributed by atoms with E-state index in [1.54, 1.807) is 0 Å². The zero-order chi connectivity index (χ0) is 29.0. The van der Waals surface area contributed by atoms with Gasteiger partial charge in [0, 0.05) is 5.41 Å². The summed E-state index contributed by atoms with van der Waals surface area (Å²) in [7, 11) is 0. The summed E-state index contributed by atoms with van der Waals surface area (Å²) >= 11 is 0. The number of hydrogen-bond acceptors (Lipinski definition) is 4. The van der Waals surface area contributed by atoms with Crippen LogP contribution in [0.5, 0.6) is 0 Å². The standard InChI is InChI=1S/C35H46O6/c1-3-23-21-25(13-15-31(23)40-19-17-33(36)37)35(26-14-16-32(24(4-2)22-26)41-20-18-34(38)39)29-11-7-5-9-27(29)28-10-6-8-12-30(28)35/h5-12,23-26,31-32H,3-4,13-22H2,1-2H3,(H,36,37)(H,38,39). The molecule has 2 aromatic rings. The Hall–Kier alpha value is -2.70. The van der Waals surface area contributed by atoms with Crippen molar-refractivity contribution in [2.45, 2.75) is 95.7 Å².